The fraction of sp³-hybridized carbons (Fsp3) is 0.364. The lowest BCUT2D eigenvalue weighted by Crippen LogP contribution is -2.25. The van der Waals surface area contributed by atoms with Crippen molar-refractivity contribution in [3.8, 4) is 5.75 Å². The Morgan fingerprint density at radius 3 is 2.61 bits per heavy atom. The van der Waals surface area contributed by atoms with E-state index in [0.717, 1.165) is 25.9 Å². The van der Waals surface area contributed by atoms with Crippen LogP contribution in [0.3, 0.4) is 0 Å². The van der Waals surface area contributed by atoms with Crippen molar-refractivity contribution in [2.75, 3.05) is 25.1 Å². The number of amides is 2. The third-order valence-electron chi connectivity index (χ3n) is 4.53. The van der Waals surface area contributed by atoms with Crippen molar-refractivity contribution in [1.29, 1.82) is 0 Å². The highest BCUT2D eigenvalue weighted by Gasteiger charge is 2.16. The number of rotatable bonds is 8. The second-order valence-electron chi connectivity index (χ2n) is 6.73. The minimum absolute atomic E-state index is 0.151. The van der Waals surface area contributed by atoms with Gasteiger partial charge in [-0.25, -0.2) is 0 Å². The molecule has 148 valence electrons. The summed E-state index contributed by atoms with van der Waals surface area (Å²) in [5.74, 6) is 0.225. The van der Waals surface area contributed by atoms with Gasteiger partial charge in [0.05, 0.1) is 17.4 Å². The van der Waals surface area contributed by atoms with Crippen molar-refractivity contribution in [1.82, 2.24) is 5.32 Å². The van der Waals surface area contributed by atoms with Crippen LogP contribution in [0.4, 0.5) is 5.69 Å². The van der Waals surface area contributed by atoms with E-state index in [1.807, 2.05) is 6.92 Å². The number of hydrogen-bond acceptors (Lipinski definition) is 4. The second kappa shape index (κ2) is 9.90. The van der Waals surface area contributed by atoms with E-state index in [2.05, 4.69) is 10.6 Å². The van der Waals surface area contributed by atoms with Crippen molar-refractivity contribution in [3.05, 3.63) is 59.7 Å². The Kier molecular flexibility index (Phi) is 7.03. The lowest BCUT2D eigenvalue weighted by atomic mass is 10.1. The molecule has 1 unspecified atom stereocenters. The zero-order valence-corrected chi connectivity index (χ0v) is 16.1. The van der Waals surface area contributed by atoms with E-state index in [4.69, 9.17) is 9.47 Å². The topological polar surface area (TPSA) is 76.7 Å². The smallest absolute Gasteiger partial charge is 0.255 e. The molecule has 0 spiro atoms. The normalized spacial score (nSPS) is 15.8. The van der Waals surface area contributed by atoms with Crippen molar-refractivity contribution in [3.63, 3.8) is 0 Å². The Morgan fingerprint density at radius 2 is 1.89 bits per heavy atom. The van der Waals surface area contributed by atoms with Crippen LogP contribution in [0.2, 0.25) is 0 Å². The number of hydrogen-bond donors (Lipinski definition) is 2. The number of nitrogens with one attached hydrogen (secondary N) is 2. The molecule has 2 N–H and O–H groups in total. The maximum absolute atomic E-state index is 12.6. The predicted octanol–water partition coefficient (Wildman–Crippen LogP) is 3.64. The quantitative estimate of drug-likeness (QED) is 0.731. The molecule has 0 bridgehead atoms. The predicted molar refractivity (Wildman–Crippen MR) is 108 cm³/mol. The van der Waals surface area contributed by atoms with Crippen molar-refractivity contribution in [2.24, 2.45) is 0 Å². The fourth-order valence-electron chi connectivity index (χ4n) is 2.99. The number of carbonyl (C=O) groups excluding carboxylic acids is 2. The standard InChI is InChI=1S/C22H26N2O4/c1-2-13-23-22(26)19-7-3-4-8-20(19)24-21(25)16-9-11-17(12-10-16)28-15-18-6-5-14-27-18/h3-4,7-12,18H,2,5-6,13-15H2,1H3,(H,23,26)(H,24,25). The molecular formula is C22H26N2O4. The second-order valence-corrected chi connectivity index (χ2v) is 6.73. The van der Waals surface area contributed by atoms with Crippen LogP contribution in [0.15, 0.2) is 48.5 Å². The summed E-state index contributed by atoms with van der Waals surface area (Å²) in [5, 5.41) is 5.65. The lowest BCUT2D eigenvalue weighted by molar-refractivity contribution is 0.0679. The van der Waals surface area contributed by atoms with Crippen molar-refractivity contribution >= 4 is 17.5 Å². The molecular weight excluding hydrogens is 356 g/mol. The van der Waals surface area contributed by atoms with Gasteiger partial charge in [0.2, 0.25) is 0 Å². The number of ether oxygens (including phenoxy) is 2. The number of para-hydroxylation sites is 1. The number of benzene rings is 2. The third-order valence-corrected chi connectivity index (χ3v) is 4.53. The van der Waals surface area contributed by atoms with Gasteiger partial charge in [-0.2, -0.15) is 0 Å². The van der Waals surface area contributed by atoms with Crippen LogP contribution in [-0.4, -0.2) is 37.7 Å². The highest BCUT2D eigenvalue weighted by molar-refractivity contribution is 6.09. The van der Waals surface area contributed by atoms with Crippen LogP contribution >= 0.6 is 0 Å². The molecule has 6 nitrogen and oxygen atoms in total. The molecule has 0 radical (unpaired) electrons. The van der Waals surface area contributed by atoms with Gasteiger partial charge in [0.1, 0.15) is 12.4 Å². The first-order chi connectivity index (χ1) is 13.7. The van der Waals surface area contributed by atoms with E-state index in [0.29, 0.717) is 35.7 Å². The summed E-state index contributed by atoms with van der Waals surface area (Å²) in [6.07, 6.45) is 3.09. The maximum Gasteiger partial charge on any atom is 0.255 e. The van der Waals surface area contributed by atoms with Crippen LogP contribution in [0, 0.1) is 0 Å². The first-order valence-electron chi connectivity index (χ1n) is 9.70. The van der Waals surface area contributed by atoms with Crippen LogP contribution in [0.1, 0.15) is 46.9 Å². The average Bonchev–Trinajstić information content (AvgIpc) is 3.25. The molecule has 1 atom stereocenters. The zero-order chi connectivity index (χ0) is 19.8. The summed E-state index contributed by atoms with van der Waals surface area (Å²) in [4.78, 5) is 24.9. The van der Waals surface area contributed by atoms with Gasteiger partial charge in [-0.15, -0.1) is 0 Å². The first-order valence-corrected chi connectivity index (χ1v) is 9.70. The van der Waals surface area contributed by atoms with Gasteiger partial charge in [-0.3, -0.25) is 9.59 Å². The monoisotopic (exact) mass is 382 g/mol. The molecule has 1 heterocycles. The summed E-state index contributed by atoms with van der Waals surface area (Å²) >= 11 is 0. The van der Waals surface area contributed by atoms with E-state index >= 15 is 0 Å². The molecule has 1 aliphatic rings. The Labute approximate surface area is 165 Å². The van der Waals surface area contributed by atoms with Gasteiger partial charge in [-0.1, -0.05) is 19.1 Å². The molecule has 1 saturated heterocycles. The zero-order valence-electron chi connectivity index (χ0n) is 16.1. The van der Waals surface area contributed by atoms with Crippen LogP contribution in [0.25, 0.3) is 0 Å². The molecule has 2 aromatic rings. The average molecular weight is 382 g/mol. The summed E-state index contributed by atoms with van der Waals surface area (Å²) in [7, 11) is 0. The summed E-state index contributed by atoms with van der Waals surface area (Å²) in [6.45, 7) is 3.90. The highest BCUT2D eigenvalue weighted by Crippen LogP contribution is 2.19. The Bertz CT molecular complexity index is 798. The maximum atomic E-state index is 12.6. The minimum atomic E-state index is -0.276. The molecule has 0 saturated carbocycles. The van der Waals surface area contributed by atoms with Crippen LogP contribution in [-0.2, 0) is 4.74 Å². The first kappa shape index (κ1) is 19.9. The van der Waals surface area contributed by atoms with Gasteiger partial charge >= 0.3 is 0 Å². The Hall–Kier alpha value is -2.86. The van der Waals surface area contributed by atoms with E-state index in [1.165, 1.54) is 0 Å². The molecule has 2 aromatic carbocycles. The van der Waals surface area contributed by atoms with Gasteiger partial charge < -0.3 is 20.1 Å². The third kappa shape index (κ3) is 5.33. The Balaban J connectivity index is 1.60. The van der Waals surface area contributed by atoms with E-state index in [1.54, 1.807) is 48.5 Å². The van der Waals surface area contributed by atoms with Gasteiger partial charge in [-0.05, 0) is 55.7 Å². The summed E-state index contributed by atoms with van der Waals surface area (Å²) in [6, 6.07) is 13.9. The molecule has 0 aromatic heterocycles. The van der Waals surface area contributed by atoms with Gasteiger partial charge in [0.25, 0.3) is 11.8 Å². The largest absolute Gasteiger partial charge is 0.491 e. The molecule has 0 aliphatic carbocycles. The van der Waals surface area contributed by atoms with Crippen molar-refractivity contribution in [2.45, 2.75) is 32.3 Å². The molecule has 2 amide bonds. The molecule has 3 rings (SSSR count). The van der Waals surface area contributed by atoms with Crippen LogP contribution < -0.4 is 15.4 Å². The van der Waals surface area contributed by atoms with Gasteiger partial charge in [0, 0.05) is 18.7 Å². The molecule has 6 heteroatoms. The lowest BCUT2D eigenvalue weighted by Gasteiger charge is -2.13. The van der Waals surface area contributed by atoms with Crippen molar-refractivity contribution < 1.29 is 19.1 Å². The Morgan fingerprint density at radius 1 is 1.11 bits per heavy atom. The molecule has 1 aliphatic heterocycles. The van der Waals surface area contributed by atoms with E-state index in [-0.39, 0.29) is 17.9 Å². The minimum Gasteiger partial charge on any atom is -0.491 e. The number of carbonyl (C=O) groups is 2. The van der Waals surface area contributed by atoms with Crippen LogP contribution in [0.5, 0.6) is 5.75 Å². The SMILES string of the molecule is CCCNC(=O)c1ccccc1NC(=O)c1ccc(OCC2CCCO2)cc1. The summed E-state index contributed by atoms with van der Waals surface area (Å²) < 4.78 is 11.3. The molecule has 28 heavy (non-hydrogen) atoms. The van der Waals surface area contributed by atoms with Gasteiger partial charge in [0.15, 0.2) is 0 Å². The summed E-state index contributed by atoms with van der Waals surface area (Å²) in [5.41, 5.74) is 1.42. The van der Waals surface area contributed by atoms with E-state index in [9.17, 15) is 9.59 Å². The number of anilines is 1. The highest BCUT2D eigenvalue weighted by atomic mass is 16.5. The fourth-order valence-corrected chi connectivity index (χ4v) is 2.99. The van der Waals surface area contributed by atoms with E-state index < -0.39 is 0 Å². The molecule has 1 fully saturated rings.